The lowest BCUT2D eigenvalue weighted by Crippen LogP contribution is -2.26. The number of nitrogens with zero attached hydrogens (tertiary/aromatic N) is 2. The Balaban J connectivity index is 1.70. The molecule has 0 fully saturated rings. The number of carbonyl (C=O) groups excluding carboxylic acids is 2. The Labute approximate surface area is 219 Å². The van der Waals surface area contributed by atoms with Crippen LogP contribution in [-0.2, 0) is 9.53 Å². The normalized spacial score (nSPS) is 10.8. The van der Waals surface area contributed by atoms with Crippen molar-refractivity contribution < 1.29 is 23.8 Å². The first kappa shape index (κ1) is 25.5. The molecule has 12 heteroatoms. The van der Waals surface area contributed by atoms with E-state index < -0.39 is 17.4 Å². The van der Waals surface area contributed by atoms with Gasteiger partial charge >= 0.3 is 5.97 Å². The number of esters is 1. The first-order valence-electron chi connectivity index (χ1n) is 10.6. The van der Waals surface area contributed by atoms with Crippen LogP contribution >= 0.6 is 34.5 Å². The second kappa shape index (κ2) is 11.0. The standard InChI is InChI=1S/C24H19Cl2N3O6S/c1-3-34-24(32)21-16-12-36-22(27-19(30)11-35-18-9-4-13(25)10-17(18)26)20(16)23(31)29(28-21)14-5-7-15(33-2)8-6-14/h4-10,12H,3,11H2,1-2H3,(H,27,30). The summed E-state index contributed by atoms with van der Waals surface area (Å²) in [6.07, 6.45) is 0. The summed E-state index contributed by atoms with van der Waals surface area (Å²) in [5.74, 6) is -0.360. The molecular formula is C24H19Cl2N3O6S. The Morgan fingerprint density at radius 1 is 1.14 bits per heavy atom. The maximum absolute atomic E-state index is 13.4. The van der Waals surface area contributed by atoms with E-state index in [0.717, 1.165) is 16.0 Å². The fourth-order valence-corrected chi connectivity index (χ4v) is 4.70. The molecule has 0 unspecified atom stereocenters. The number of carbonyl (C=O) groups is 2. The fraction of sp³-hybridized carbons (Fsp3) is 0.167. The molecule has 2 heterocycles. The minimum absolute atomic E-state index is 0.0526. The maximum atomic E-state index is 13.4. The zero-order valence-electron chi connectivity index (χ0n) is 19.0. The van der Waals surface area contributed by atoms with Gasteiger partial charge in [-0.15, -0.1) is 11.3 Å². The molecule has 2 aromatic heterocycles. The molecule has 0 atom stereocenters. The van der Waals surface area contributed by atoms with Crippen LogP contribution in [0.4, 0.5) is 5.00 Å². The van der Waals surface area contributed by atoms with Crippen molar-refractivity contribution >= 4 is 62.2 Å². The Bertz CT molecular complexity index is 1500. The van der Waals surface area contributed by atoms with Gasteiger partial charge in [0.15, 0.2) is 12.3 Å². The molecule has 4 rings (SSSR count). The number of benzene rings is 2. The van der Waals surface area contributed by atoms with Crippen LogP contribution in [0.5, 0.6) is 11.5 Å². The highest BCUT2D eigenvalue weighted by molar-refractivity contribution is 7.16. The number of amides is 1. The van der Waals surface area contributed by atoms with Crippen LogP contribution in [0.15, 0.2) is 52.6 Å². The Morgan fingerprint density at radius 3 is 2.56 bits per heavy atom. The van der Waals surface area contributed by atoms with E-state index >= 15 is 0 Å². The molecule has 9 nitrogen and oxygen atoms in total. The Morgan fingerprint density at radius 2 is 1.89 bits per heavy atom. The van der Waals surface area contributed by atoms with Gasteiger partial charge < -0.3 is 19.5 Å². The quantitative estimate of drug-likeness (QED) is 0.310. The van der Waals surface area contributed by atoms with Crippen LogP contribution < -0.4 is 20.3 Å². The average molecular weight is 548 g/mol. The summed E-state index contributed by atoms with van der Waals surface area (Å²) < 4.78 is 16.9. The second-order valence-electron chi connectivity index (χ2n) is 7.25. The maximum Gasteiger partial charge on any atom is 0.359 e. The van der Waals surface area contributed by atoms with Crippen molar-refractivity contribution in [2.24, 2.45) is 0 Å². The number of thiophene rings is 1. The summed E-state index contributed by atoms with van der Waals surface area (Å²) >= 11 is 13.0. The third kappa shape index (κ3) is 5.30. The lowest BCUT2D eigenvalue weighted by atomic mass is 10.2. The number of hydrogen-bond acceptors (Lipinski definition) is 8. The molecule has 0 bridgehead atoms. The minimum atomic E-state index is -0.693. The van der Waals surface area contributed by atoms with Crippen LogP contribution in [-0.4, -0.2) is 42.0 Å². The van der Waals surface area contributed by atoms with E-state index in [1.54, 1.807) is 48.7 Å². The number of ether oxygens (including phenoxy) is 3. The van der Waals surface area contributed by atoms with Gasteiger partial charge in [0.05, 0.1) is 29.8 Å². The highest BCUT2D eigenvalue weighted by atomic mass is 35.5. The summed E-state index contributed by atoms with van der Waals surface area (Å²) in [5, 5.41) is 9.82. The number of methoxy groups -OCH3 is 1. The van der Waals surface area contributed by atoms with E-state index in [-0.39, 0.29) is 45.5 Å². The predicted octanol–water partition coefficient (Wildman–Crippen LogP) is 4.96. The number of hydrogen-bond donors (Lipinski definition) is 1. The number of fused-ring (bicyclic) bond motifs is 1. The highest BCUT2D eigenvalue weighted by Crippen LogP contribution is 2.31. The molecule has 0 aliphatic rings. The summed E-state index contributed by atoms with van der Waals surface area (Å²) in [6, 6.07) is 11.2. The molecule has 0 aliphatic carbocycles. The largest absolute Gasteiger partial charge is 0.497 e. The number of rotatable bonds is 8. The van der Waals surface area contributed by atoms with Crippen LogP contribution in [0.1, 0.15) is 17.4 Å². The van der Waals surface area contributed by atoms with Crippen molar-refractivity contribution in [1.82, 2.24) is 9.78 Å². The summed E-state index contributed by atoms with van der Waals surface area (Å²) in [5.41, 5.74) is -0.179. The van der Waals surface area contributed by atoms with E-state index in [2.05, 4.69) is 10.4 Å². The van der Waals surface area contributed by atoms with Crippen LogP contribution in [0.2, 0.25) is 10.0 Å². The number of aromatic nitrogens is 2. The van der Waals surface area contributed by atoms with E-state index in [4.69, 9.17) is 37.4 Å². The van der Waals surface area contributed by atoms with Gasteiger partial charge in [0.25, 0.3) is 11.5 Å². The van der Waals surface area contributed by atoms with E-state index in [0.29, 0.717) is 16.5 Å². The molecule has 1 N–H and O–H groups in total. The molecule has 0 saturated heterocycles. The first-order valence-corrected chi connectivity index (χ1v) is 12.2. The van der Waals surface area contributed by atoms with Gasteiger partial charge in [-0.25, -0.2) is 4.79 Å². The summed E-state index contributed by atoms with van der Waals surface area (Å²) in [6.45, 7) is 1.42. The smallest absolute Gasteiger partial charge is 0.359 e. The van der Waals surface area contributed by atoms with E-state index in [1.165, 1.54) is 13.2 Å². The topological polar surface area (TPSA) is 109 Å². The molecule has 1 amide bonds. The summed E-state index contributed by atoms with van der Waals surface area (Å²) in [4.78, 5) is 38.7. The van der Waals surface area contributed by atoms with Crippen LogP contribution in [0.3, 0.4) is 0 Å². The van der Waals surface area contributed by atoms with E-state index in [9.17, 15) is 14.4 Å². The van der Waals surface area contributed by atoms with Gasteiger partial charge in [0, 0.05) is 15.8 Å². The van der Waals surface area contributed by atoms with Crippen molar-refractivity contribution in [2.75, 3.05) is 25.6 Å². The van der Waals surface area contributed by atoms with Crippen molar-refractivity contribution in [3.8, 4) is 17.2 Å². The third-order valence-electron chi connectivity index (χ3n) is 4.94. The molecule has 186 valence electrons. The number of anilines is 1. The molecule has 0 saturated carbocycles. The SMILES string of the molecule is CCOC(=O)c1nn(-c2ccc(OC)cc2)c(=O)c2c(NC(=O)COc3ccc(Cl)cc3Cl)scc12. The van der Waals surface area contributed by atoms with Gasteiger partial charge in [0.1, 0.15) is 16.5 Å². The molecule has 0 radical (unpaired) electrons. The average Bonchev–Trinajstić information content (AvgIpc) is 3.28. The van der Waals surface area contributed by atoms with Gasteiger partial charge in [-0.05, 0) is 49.4 Å². The monoisotopic (exact) mass is 547 g/mol. The Kier molecular flexibility index (Phi) is 7.78. The van der Waals surface area contributed by atoms with Crippen LogP contribution in [0, 0.1) is 0 Å². The second-order valence-corrected chi connectivity index (χ2v) is 8.97. The highest BCUT2D eigenvalue weighted by Gasteiger charge is 2.23. The first-order chi connectivity index (χ1) is 17.3. The lowest BCUT2D eigenvalue weighted by molar-refractivity contribution is -0.118. The molecule has 0 aliphatic heterocycles. The molecule has 4 aromatic rings. The minimum Gasteiger partial charge on any atom is -0.497 e. The van der Waals surface area contributed by atoms with Gasteiger partial charge in [0.2, 0.25) is 0 Å². The molecular weight excluding hydrogens is 529 g/mol. The van der Waals surface area contributed by atoms with E-state index in [1.807, 2.05) is 0 Å². The summed E-state index contributed by atoms with van der Waals surface area (Å²) in [7, 11) is 1.52. The van der Waals surface area contributed by atoms with Crippen molar-refractivity contribution in [3.63, 3.8) is 0 Å². The predicted molar refractivity (Wildman–Crippen MR) is 138 cm³/mol. The molecule has 0 spiro atoms. The van der Waals surface area contributed by atoms with Crippen molar-refractivity contribution in [1.29, 1.82) is 0 Å². The lowest BCUT2D eigenvalue weighted by Gasteiger charge is -2.11. The van der Waals surface area contributed by atoms with Crippen molar-refractivity contribution in [3.05, 3.63) is 73.9 Å². The zero-order chi connectivity index (χ0) is 25.8. The molecule has 2 aromatic carbocycles. The van der Waals surface area contributed by atoms with Crippen LogP contribution in [0.25, 0.3) is 16.5 Å². The fourth-order valence-electron chi connectivity index (χ4n) is 3.29. The zero-order valence-corrected chi connectivity index (χ0v) is 21.4. The van der Waals surface area contributed by atoms with Gasteiger partial charge in [-0.2, -0.15) is 9.78 Å². The number of halogens is 2. The van der Waals surface area contributed by atoms with Crippen molar-refractivity contribution in [2.45, 2.75) is 6.92 Å². The van der Waals surface area contributed by atoms with Gasteiger partial charge in [-0.3, -0.25) is 9.59 Å². The molecule has 36 heavy (non-hydrogen) atoms. The Hall–Kier alpha value is -3.60. The number of nitrogens with one attached hydrogen (secondary N) is 1. The van der Waals surface area contributed by atoms with Gasteiger partial charge in [-0.1, -0.05) is 23.2 Å². The third-order valence-corrected chi connectivity index (χ3v) is 6.37.